The van der Waals surface area contributed by atoms with E-state index in [2.05, 4.69) is 37.2 Å². The second-order valence-corrected chi connectivity index (χ2v) is 5.12. The molecule has 1 aromatic rings. The highest BCUT2D eigenvalue weighted by Crippen LogP contribution is 2.31. The third kappa shape index (κ3) is 2.63. The normalized spacial score (nSPS) is 25.2. The molecule has 0 radical (unpaired) electrons. The molecule has 0 bridgehead atoms. The monoisotopic (exact) mass is 219 g/mol. The fourth-order valence-electron chi connectivity index (χ4n) is 2.69. The van der Waals surface area contributed by atoms with Crippen LogP contribution in [0.5, 0.6) is 0 Å². The highest BCUT2D eigenvalue weighted by molar-refractivity contribution is 5.30. The van der Waals surface area contributed by atoms with Crippen molar-refractivity contribution in [2.75, 3.05) is 20.6 Å². The first kappa shape index (κ1) is 11.6. The van der Waals surface area contributed by atoms with Crippen LogP contribution in [0.2, 0.25) is 0 Å². The quantitative estimate of drug-likeness (QED) is 0.771. The van der Waals surface area contributed by atoms with Crippen molar-refractivity contribution in [1.82, 2.24) is 4.90 Å². The van der Waals surface area contributed by atoms with E-state index in [1.807, 2.05) is 6.07 Å². The standard InChI is InChI=1S/C14H21NO/c1-15(2)10-11-7-8-12-5-3-4-6-13(12)14(16)9-11/h3-6,11,14,16H,7-10H2,1-2H3. The van der Waals surface area contributed by atoms with E-state index in [0.29, 0.717) is 5.92 Å². The first-order chi connectivity index (χ1) is 7.66. The Bertz CT molecular complexity index is 348. The van der Waals surface area contributed by atoms with Gasteiger partial charge in [-0.2, -0.15) is 0 Å². The summed E-state index contributed by atoms with van der Waals surface area (Å²) in [5, 5.41) is 10.2. The van der Waals surface area contributed by atoms with E-state index in [-0.39, 0.29) is 6.10 Å². The number of hydrogen-bond donors (Lipinski definition) is 1. The zero-order valence-corrected chi connectivity index (χ0v) is 10.2. The highest BCUT2D eigenvalue weighted by atomic mass is 16.3. The predicted molar refractivity (Wildman–Crippen MR) is 66.4 cm³/mol. The van der Waals surface area contributed by atoms with Crippen molar-refractivity contribution in [3.63, 3.8) is 0 Å². The molecule has 2 nitrogen and oxygen atoms in total. The average molecular weight is 219 g/mol. The second kappa shape index (κ2) is 4.98. The van der Waals surface area contributed by atoms with Crippen LogP contribution in [0.1, 0.15) is 30.1 Å². The molecule has 0 aromatic heterocycles. The van der Waals surface area contributed by atoms with Crippen LogP contribution >= 0.6 is 0 Å². The van der Waals surface area contributed by atoms with E-state index < -0.39 is 0 Å². The van der Waals surface area contributed by atoms with E-state index in [1.165, 1.54) is 12.0 Å². The van der Waals surface area contributed by atoms with Crippen LogP contribution in [-0.2, 0) is 6.42 Å². The molecule has 1 N–H and O–H groups in total. The van der Waals surface area contributed by atoms with Gasteiger partial charge in [0, 0.05) is 6.54 Å². The number of rotatable bonds is 2. The summed E-state index contributed by atoms with van der Waals surface area (Å²) in [6.45, 7) is 1.07. The summed E-state index contributed by atoms with van der Waals surface area (Å²) in [4.78, 5) is 2.22. The topological polar surface area (TPSA) is 23.5 Å². The molecule has 1 aliphatic rings. The predicted octanol–water partition coefficient (Wildman–Crippen LogP) is 2.23. The lowest BCUT2D eigenvalue weighted by molar-refractivity contribution is 0.136. The van der Waals surface area contributed by atoms with Crippen molar-refractivity contribution in [1.29, 1.82) is 0 Å². The van der Waals surface area contributed by atoms with Gasteiger partial charge in [0.1, 0.15) is 0 Å². The fourth-order valence-corrected chi connectivity index (χ4v) is 2.69. The van der Waals surface area contributed by atoms with Gasteiger partial charge in [0.05, 0.1) is 6.10 Å². The molecule has 2 rings (SSSR count). The van der Waals surface area contributed by atoms with Crippen LogP contribution in [0.25, 0.3) is 0 Å². The van der Waals surface area contributed by atoms with Crippen LogP contribution in [0, 0.1) is 5.92 Å². The van der Waals surface area contributed by atoms with Gasteiger partial charge >= 0.3 is 0 Å². The minimum atomic E-state index is -0.274. The Morgan fingerprint density at radius 1 is 1.31 bits per heavy atom. The number of fused-ring (bicyclic) bond motifs is 1. The fraction of sp³-hybridized carbons (Fsp3) is 0.571. The van der Waals surface area contributed by atoms with Crippen LogP contribution < -0.4 is 0 Å². The van der Waals surface area contributed by atoms with E-state index in [0.717, 1.165) is 24.9 Å². The van der Waals surface area contributed by atoms with Gasteiger partial charge < -0.3 is 10.0 Å². The van der Waals surface area contributed by atoms with E-state index in [1.54, 1.807) is 0 Å². The molecule has 0 amide bonds. The summed E-state index contributed by atoms with van der Waals surface area (Å²) in [5.74, 6) is 0.609. The van der Waals surface area contributed by atoms with Gasteiger partial charge in [-0.1, -0.05) is 24.3 Å². The van der Waals surface area contributed by atoms with Gasteiger partial charge in [0.2, 0.25) is 0 Å². The Morgan fingerprint density at radius 2 is 2.06 bits per heavy atom. The van der Waals surface area contributed by atoms with Crippen molar-refractivity contribution in [2.24, 2.45) is 5.92 Å². The van der Waals surface area contributed by atoms with Crippen molar-refractivity contribution in [3.8, 4) is 0 Å². The molecule has 0 saturated carbocycles. The van der Waals surface area contributed by atoms with Gasteiger partial charge in [0.15, 0.2) is 0 Å². The molecule has 2 atom stereocenters. The maximum Gasteiger partial charge on any atom is 0.0795 e. The molecule has 2 heteroatoms. The molecule has 0 aliphatic heterocycles. The van der Waals surface area contributed by atoms with Gasteiger partial charge in [-0.05, 0) is 50.4 Å². The molecular formula is C14H21NO. The molecule has 0 heterocycles. The lowest BCUT2D eigenvalue weighted by Crippen LogP contribution is -2.22. The lowest BCUT2D eigenvalue weighted by Gasteiger charge is -2.20. The van der Waals surface area contributed by atoms with Gasteiger partial charge in [0.25, 0.3) is 0 Å². The summed E-state index contributed by atoms with van der Waals surface area (Å²) in [5.41, 5.74) is 2.47. The van der Waals surface area contributed by atoms with Crippen LogP contribution in [-0.4, -0.2) is 30.6 Å². The SMILES string of the molecule is CN(C)CC1CCc2ccccc2C(O)C1. The molecule has 2 unspecified atom stereocenters. The highest BCUT2D eigenvalue weighted by Gasteiger charge is 2.22. The minimum absolute atomic E-state index is 0.274. The summed E-state index contributed by atoms with van der Waals surface area (Å²) in [6, 6.07) is 8.31. The first-order valence-corrected chi connectivity index (χ1v) is 6.07. The Labute approximate surface area is 97.9 Å². The van der Waals surface area contributed by atoms with Crippen molar-refractivity contribution >= 4 is 0 Å². The first-order valence-electron chi connectivity index (χ1n) is 6.07. The number of aryl methyl sites for hydroxylation is 1. The third-order valence-electron chi connectivity index (χ3n) is 3.42. The van der Waals surface area contributed by atoms with Crippen LogP contribution in [0.4, 0.5) is 0 Å². The lowest BCUT2D eigenvalue weighted by atomic mass is 9.97. The summed E-state index contributed by atoms with van der Waals surface area (Å²) >= 11 is 0. The minimum Gasteiger partial charge on any atom is -0.388 e. The van der Waals surface area contributed by atoms with Crippen molar-refractivity contribution in [3.05, 3.63) is 35.4 Å². The summed E-state index contributed by atoms with van der Waals surface area (Å²) < 4.78 is 0. The maximum atomic E-state index is 10.2. The molecular weight excluding hydrogens is 198 g/mol. The molecule has 0 spiro atoms. The van der Waals surface area contributed by atoms with E-state index >= 15 is 0 Å². The number of hydrogen-bond acceptors (Lipinski definition) is 2. The van der Waals surface area contributed by atoms with Crippen LogP contribution in [0.3, 0.4) is 0 Å². The zero-order chi connectivity index (χ0) is 11.5. The molecule has 1 aliphatic carbocycles. The summed E-state index contributed by atoms with van der Waals surface area (Å²) in [7, 11) is 4.20. The largest absolute Gasteiger partial charge is 0.388 e. The van der Waals surface area contributed by atoms with Crippen molar-refractivity contribution < 1.29 is 5.11 Å². The van der Waals surface area contributed by atoms with Gasteiger partial charge in [-0.3, -0.25) is 0 Å². The summed E-state index contributed by atoms with van der Waals surface area (Å²) in [6.07, 6.45) is 2.91. The number of nitrogens with zero attached hydrogens (tertiary/aromatic N) is 1. The second-order valence-electron chi connectivity index (χ2n) is 5.12. The molecule has 88 valence electrons. The van der Waals surface area contributed by atoms with E-state index in [9.17, 15) is 5.11 Å². The van der Waals surface area contributed by atoms with Gasteiger partial charge in [-0.25, -0.2) is 0 Å². The van der Waals surface area contributed by atoms with Crippen LogP contribution in [0.15, 0.2) is 24.3 Å². The molecule has 1 aromatic carbocycles. The van der Waals surface area contributed by atoms with Crippen molar-refractivity contribution in [2.45, 2.75) is 25.4 Å². The molecule has 0 saturated heterocycles. The molecule has 0 fully saturated rings. The smallest absolute Gasteiger partial charge is 0.0795 e. The zero-order valence-electron chi connectivity index (χ0n) is 10.2. The maximum absolute atomic E-state index is 10.2. The Balaban J connectivity index is 2.13. The number of aliphatic hydroxyl groups is 1. The number of aliphatic hydroxyl groups excluding tert-OH is 1. The third-order valence-corrected chi connectivity index (χ3v) is 3.42. The Morgan fingerprint density at radius 3 is 2.81 bits per heavy atom. The Kier molecular flexibility index (Phi) is 3.62. The average Bonchev–Trinajstić information content (AvgIpc) is 2.39. The van der Waals surface area contributed by atoms with Gasteiger partial charge in [-0.15, -0.1) is 0 Å². The molecule has 16 heavy (non-hydrogen) atoms. The number of benzene rings is 1. The van der Waals surface area contributed by atoms with E-state index in [4.69, 9.17) is 0 Å². The Hall–Kier alpha value is -0.860.